The van der Waals surface area contributed by atoms with Crippen LogP contribution in [0.5, 0.6) is 0 Å². The summed E-state index contributed by atoms with van der Waals surface area (Å²) in [4.78, 5) is 0. The zero-order chi connectivity index (χ0) is 16.4. The molecule has 2 heterocycles. The number of benzene rings is 1. The number of hydrogen-bond acceptors (Lipinski definition) is 6. The van der Waals surface area contributed by atoms with Crippen LogP contribution in [0.4, 0.5) is 0 Å². The highest BCUT2D eigenvalue weighted by Crippen LogP contribution is 2.29. The van der Waals surface area contributed by atoms with E-state index in [9.17, 15) is 0 Å². The fraction of sp³-hybridized carbons (Fsp3) is 0.353. The second-order valence-electron chi connectivity index (χ2n) is 5.71. The monoisotopic (exact) mass is 405 g/mol. The molecule has 7 heteroatoms. The van der Waals surface area contributed by atoms with E-state index in [0.29, 0.717) is 17.5 Å². The molecule has 24 heavy (non-hydrogen) atoms. The van der Waals surface area contributed by atoms with E-state index in [0.717, 1.165) is 40.1 Å². The van der Waals surface area contributed by atoms with Gasteiger partial charge in [-0.05, 0) is 47.3 Å². The van der Waals surface area contributed by atoms with Crippen molar-refractivity contribution in [1.29, 1.82) is 0 Å². The van der Waals surface area contributed by atoms with Crippen molar-refractivity contribution in [3.8, 4) is 11.5 Å². The van der Waals surface area contributed by atoms with Crippen LogP contribution in [0.15, 0.2) is 37.7 Å². The summed E-state index contributed by atoms with van der Waals surface area (Å²) in [6.07, 6.45) is 4.53. The minimum absolute atomic E-state index is 0.539. The molecule has 0 radical (unpaired) electrons. The van der Waals surface area contributed by atoms with Crippen LogP contribution in [-0.2, 0) is 24.3 Å². The van der Waals surface area contributed by atoms with Crippen LogP contribution >= 0.6 is 27.7 Å². The van der Waals surface area contributed by atoms with Gasteiger partial charge in [0.25, 0.3) is 0 Å². The van der Waals surface area contributed by atoms with E-state index in [2.05, 4.69) is 31.3 Å². The minimum Gasteiger partial charge on any atom is -0.420 e. The Morgan fingerprint density at radius 1 is 1.08 bits per heavy atom. The third-order valence-corrected chi connectivity index (χ3v) is 5.69. The van der Waals surface area contributed by atoms with E-state index < -0.39 is 0 Å². The summed E-state index contributed by atoms with van der Waals surface area (Å²) in [5.74, 6) is 3.72. The molecular weight excluding hydrogens is 390 g/mol. The summed E-state index contributed by atoms with van der Waals surface area (Å²) < 4.78 is 12.2. The lowest BCUT2D eigenvalue weighted by Gasteiger charge is -2.08. The van der Waals surface area contributed by atoms with Crippen molar-refractivity contribution in [2.24, 2.45) is 0 Å². The van der Waals surface area contributed by atoms with Crippen LogP contribution in [-0.4, -0.2) is 15.4 Å². The quantitative estimate of drug-likeness (QED) is 0.607. The Morgan fingerprint density at radius 2 is 1.96 bits per heavy atom. The number of halogens is 1. The van der Waals surface area contributed by atoms with Crippen molar-refractivity contribution in [3.63, 3.8) is 0 Å². The van der Waals surface area contributed by atoms with Crippen molar-refractivity contribution < 1.29 is 8.94 Å². The summed E-state index contributed by atoms with van der Waals surface area (Å²) in [6, 6.07) is 7.82. The highest BCUT2D eigenvalue weighted by atomic mass is 79.9. The minimum atomic E-state index is 0.539. The number of aryl methyl sites for hydroxylation is 1. The van der Waals surface area contributed by atoms with Crippen LogP contribution in [0, 0.1) is 0 Å². The average molecular weight is 406 g/mol. The number of nitrogens with zero attached hydrogens (tertiary/aromatic N) is 3. The van der Waals surface area contributed by atoms with E-state index in [1.54, 1.807) is 11.8 Å². The third-order valence-electron chi connectivity index (χ3n) is 4.07. The van der Waals surface area contributed by atoms with Gasteiger partial charge in [-0.25, -0.2) is 0 Å². The molecule has 1 aromatic carbocycles. The smallest absolute Gasteiger partial charge is 0.248 e. The molecular formula is C17H16BrN3O2S. The standard InChI is InChI=1S/C17H16BrN3O2S/c18-13-7-3-1-5-11(13)17-20-19-16(22-17)10-24-9-14-12-6-2-4-8-15(12)23-21-14/h1,3,5,7H,2,4,6,8-10H2. The van der Waals surface area contributed by atoms with Gasteiger partial charge in [-0.3, -0.25) is 0 Å². The average Bonchev–Trinajstić information content (AvgIpc) is 3.23. The highest BCUT2D eigenvalue weighted by molar-refractivity contribution is 9.10. The summed E-state index contributed by atoms with van der Waals surface area (Å²) in [6.45, 7) is 0. The zero-order valence-electron chi connectivity index (χ0n) is 13.0. The summed E-state index contributed by atoms with van der Waals surface area (Å²) in [5.41, 5.74) is 3.29. The molecule has 0 aliphatic heterocycles. The fourth-order valence-corrected chi connectivity index (χ4v) is 4.12. The van der Waals surface area contributed by atoms with E-state index in [1.807, 2.05) is 24.3 Å². The first-order chi connectivity index (χ1) is 11.8. The Balaban J connectivity index is 1.39. The first-order valence-electron chi connectivity index (χ1n) is 7.92. The van der Waals surface area contributed by atoms with Gasteiger partial charge in [0.05, 0.1) is 17.0 Å². The van der Waals surface area contributed by atoms with Crippen LogP contribution < -0.4 is 0 Å². The number of fused-ring (bicyclic) bond motifs is 1. The molecule has 0 saturated carbocycles. The SMILES string of the molecule is Brc1ccccc1-c1nnc(CSCc2noc3c2CCCC3)o1. The summed E-state index contributed by atoms with van der Waals surface area (Å²) in [7, 11) is 0. The maximum Gasteiger partial charge on any atom is 0.248 e. The number of hydrogen-bond donors (Lipinski definition) is 0. The van der Waals surface area contributed by atoms with Crippen molar-refractivity contribution in [1.82, 2.24) is 15.4 Å². The Kier molecular flexibility index (Phi) is 4.71. The Hall–Kier alpha value is -1.60. The molecule has 0 unspecified atom stereocenters. The number of thioether (sulfide) groups is 1. The lowest BCUT2D eigenvalue weighted by atomic mass is 9.97. The Morgan fingerprint density at radius 3 is 2.88 bits per heavy atom. The van der Waals surface area contributed by atoms with Gasteiger partial charge < -0.3 is 8.94 Å². The van der Waals surface area contributed by atoms with Gasteiger partial charge >= 0.3 is 0 Å². The molecule has 0 saturated heterocycles. The predicted molar refractivity (Wildman–Crippen MR) is 95.6 cm³/mol. The van der Waals surface area contributed by atoms with Crippen LogP contribution in [0.1, 0.15) is 35.7 Å². The maximum atomic E-state index is 5.77. The van der Waals surface area contributed by atoms with Gasteiger partial charge in [0.15, 0.2) is 0 Å². The topological polar surface area (TPSA) is 65.0 Å². The normalized spacial score (nSPS) is 13.9. The highest BCUT2D eigenvalue weighted by Gasteiger charge is 2.19. The second kappa shape index (κ2) is 7.11. The molecule has 3 aromatic rings. The lowest BCUT2D eigenvalue weighted by molar-refractivity contribution is 0.369. The van der Waals surface area contributed by atoms with Crippen molar-refractivity contribution in [2.45, 2.75) is 37.2 Å². The molecule has 0 spiro atoms. The van der Waals surface area contributed by atoms with E-state index >= 15 is 0 Å². The zero-order valence-corrected chi connectivity index (χ0v) is 15.4. The molecule has 1 aliphatic carbocycles. The van der Waals surface area contributed by atoms with Crippen molar-refractivity contribution >= 4 is 27.7 Å². The van der Waals surface area contributed by atoms with Gasteiger partial charge in [0.2, 0.25) is 11.8 Å². The van der Waals surface area contributed by atoms with E-state index in [1.165, 1.54) is 18.4 Å². The summed E-state index contributed by atoms with van der Waals surface area (Å²) >= 11 is 5.22. The van der Waals surface area contributed by atoms with Crippen LogP contribution in [0.2, 0.25) is 0 Å². The summed E-state index contributed by atoms with van der Waals surface area (Å²) in [5, 5.41) is 12.5. The predicted octanol–water partition coefficient (Wildman–Crippen LogP) is 4.80. The lowest BCUT2D eigenvalue weighted by Crippen LogP contribution is -2.01. The van der Waals surface area contributed by atoms with Crippen molar-refractivity contribution in [2.75, 3.05) is 0 Å². The largest absolute Gasteiger partial charge is 0.420 e. The fourth-order valence-electron chi connectivity index (χ4n) is 2.85. The maximum absolute atomic E-state index is 5.77. The number of rotatable bonds is 5. The molecule has 124 valence electrons. The molecule has 2 aromatic heterocycles. The number of aromatic nitrogens is 3. The van der Waals surface area contributed by atoms with E-state index in [4.69, 9.17) is 8.94 Å². The van der Waals surface area contributed by atoms with E-state index in [-0.39, 0.29) is 0 Å². The second-order valence-corrected chi connectivity index (χ2v) is 7.55. The Labute approximate surface area is 152 Å². The van der Waals surface area contributed by atoms with Gasteiger partial charge in [0, 0.05) is 22.2 Å². The first kappa shape index (κ1) is 15.9. The van der Waals surface area contributed by atoms with Crippen LogP contribution in [0.25, 0.3) is 11.5 Å². The molecule has 0 N–H and O–H groups in total. The van der Waals surface area contributed by atoms with Gasteiger partial charge in [-0.15, -0.1) is 22.0 Å². The van der Waals surface area contributed by atoms with Gasteiger partial charge in [-0.2, -0.15) is 0 Å². The molecule has 0 fully saturated rings. The Bertz CT molecular complexity index is 846. The molecule has 0 amide bonds. The van der Waals surface area contributed by atoms with Crippen molar-refractivity contribution in [3.05, 3.63) is 51.6 Å². The van der Waals surface area contributed by atoms with Gasteiger partial charge in [0.1, 0.15) is 5.76 Å². The van der Waals surface area contributed by atoms with Gasteiger partial charge in [-0.1, -0.05) is 17.3 Å². The first-order valence-corrected chi connectivity index (χ1v) is 9.87. The third kappa shape index (κ3) is 3.28. The molecule has 1 aliphatic rings. The molecule has 4 rings (SSSR count). The molecule has 0 atom stereocenters. The molecule has 5 nitrogen and oxygen atoms in total. The van der Waals surface area contributed by atoms with Crippen LogP contribution in [0.3, 0.4) is 0 Å². The molecule has 0 bridgehead atoms.